The number of fused-ring (bicyclic) bond motifs is 17. The molecule has 418 valence electrons. The van der Waals surface area contributed by atoms with E-state index in [4.69, 9.17) is 38.7 Å². The highest BCUT2D eigenvalue weighted by atomic mass is 16.3. The quantitative estimate of drug-likeness (QED) is 0.152. The van der Waals surface area contributed by atoms with E-state index in [1.54, 1.807) is 0 Å². The molecule has 4 heterocycles. The van der Waals surface area contributed by atoms with E-state index < -0.39 is 0 Å². The third kappa shape index (κ3) is 8.60. The number of hydrogen-bond donors (Lipinski definition) is 0. The second-order valence-corrected chi connectivity index (χ2v) is 22.9. The molecule has 0 fully saturated rings. The summed E-state index contributed by atoms with van der Waals surface area (Å²) in [6.07, 6.45) is 0. The lowest BCUT2D eigenvalue weighted by Crippen LogP contribution is -2.00. The van der Waals surface area contributed by atoms with Gasteiger partial charge in [0.1, 0.15) is 22.3 Å². The molecule has 0 atom stereocenters. The third-order valence-electron chi connectivity index (χ3n) is 17.6. The largest absolute Gasteiger partial charge is 0.456 e. The van der Waals surface area contributed by atoms with Gasteiger partial charge in [-0.1, -0.05) is 249 Å². The molecule has 0 aliphatic heterocycles. The summed E-state index contributed by atoms with van der Waals surface area (Å²) in [4.78, 5) is 30.4. The van der Waals surface area contributed by atoms with Crippen LogP contribution in [-0.4, -0.2) is 29.9 Å². The first-order valence-corrected chi connectivity index (χ1v) is 30.1. The summed E-state index contributed by atoms with van der Waals surface area (Å²) < 4.78 is 12.6. The second kappa shape index (κ2) is 20.7. The van der Waals surface area contributed by atoms with Gasteiger partial charge in [0.15, 0.2) is 34.9 Å². The van der Waals surface area contributed by atoms with Crippen LogP contribution in [0.4, 0.5) is 0 Å². The van der Waals surface area contributed by atoms with Crippen molar-refractivity contribution in [1.82, 2.24) is 29.9 Å². The van der Waals surface area contributed by atoms with Crippen molar-refractivity contribution in [1.29, 1.82) is 0 Å². The van der Waals surface area contributed by atoms with Crippen molar-refractivity contribution in [2.24, 2.45) is 0 Å². The number of nitrogens with zero attached hydrogens (tertiary/aromatic N) is 6. The Hall–Kier alpha value is -12.3. The predicted octanol–water partition coefficient (Wildman–Crippen LogP) is 21.6. The molecule has 90 heavy (non-hydrogen) atoms. The molecule has 15 aromatic carbocycles. The fraction of sp³-hybridized carbons (Fsp3) is 0. The Morgan fingerprint density at radius 1 is 0.189 bits per heavy atom. The Morgan fingerprint density at radius 2 is 0.567 bits per heavy atom. The normalized spacial score (nSPS) is 11.8. The molecule has 8 heteroatoms. The number of furan rings is 2. The van der Waals surface area contributed by atoms with E-state index in [0.717, 1.165) is 93.4 Å². The molecule has 0 radical (unpaired) electrons. The lowest BCUT2D eigenvalue weighted by atomic mass is 9.96. The maximum absolute atomic E-state index is 6.36. The van der Waals surface area contributed by atoms with E-state index in [9.17, 15) is 0 Å². The molecule has 0 aliphatic carbocycles. The van der Waals surface area contributed by atoms with Crippen LogP contribution < -0.4 is 0 Å². The highest BCUT2D eigenvalue weighted by Gasteiger charge is 2.21. The van der Waals surface area contributed by atoms with Crippen molar-refractivity contribution in [3.63, 3.8) is 0 Å². The molecule has 0 spiro atoms. The van der Waals surface area contributed by atoms with Gasteiger partial charge < -0.3 is 8.83 Å². The van der Waals surface area contributed by atoms with Crippen LogP contribution in [-0.2, 0) is 0 Å². The van der Waals surface area contributed by atoms with Crippen molar-refractivity contribution in [2.75, 3.05) is 0 Å². The monoisotopic (exact) mass is 1150 g/mol. The second-order valence-electron chi connectivity index (χ2n) is 22.9. The number of hydrogen-bond acceptors (Lipinski definition) is 8. The fourth-order valence-electron chi connectivity index (χ4n) is 13.2. The maximum atomic E-state index is 6.36. The molecule has 0 saturated carbocycles. The molecule has 0 N–H and O–H groups in total. The van der Waals surface area contributed by atoms with Crippen molar-refractivity contribution in [3.8, 4) is 68.3 Å². The highest BCUT2D eigenvalue weighted by Crippen LogP contribution is 2.41. The summed E-state index contributed by atoms with van der Waals surface area (Å²) in [5, 5.41) is 21.2. The van der Waals surface area contributed by atoms with Crippen LogP contribution in [0, 0.1) is 0 Å². The van der Waals surface area contributed by atoms with Gasteiger partial charge in [0.25, 0.3) is 0 Å². The summed E-state index contributed by atoms with van der Waals surface area (Å²) in [5.74, 6) is 3.70. The van der Waals surface area contributed by atoms with Crippen LogP contribution in [0.3, 0.4) is 0 Å². The molecule has 19 rings (SSSR count). The molecular formula is C82H48N6O2. The van der Waals surface area contributed by atoms with Crippen LogP contribution in [0.5, 0.6) is 0 Å². The van der Waals surface area contributed by atoms with Gasteiger partial charge in [-0.05, 0) is 118 Å². The zero-order valence-electron chi connectivity index (χ0n) is 48.2. The summed E-state index contributed by atoms with van der Waals surface area (Å²) in [7, 11) is 0. The Balaban J connectivity index is 0.000000134. The van der Waals surface area contributed by atoms with Crippen molar-refractivity contribution in [3.05, 3.63) is 291 Å². The molecular weight excluding hydrogens is 1100 g/mol. The molecule has 0 aliphatic rings. The lowest BCUT2D eigenvalue weighted by Gasteiger charge is -2.11. The van der Waals surface area contributed by atoms with Gasteiger partial charge >= 0.3 is 0 Å². The molecule has 4 aromatic heterocycles. The van der Waals surface area contributed by atoms with Crippen LogP contribution in [0.25, 0.3) is 188 Å². The molecule has 19 aromatic rings. The zero-order valence-corrected chi connectivity index (χ0v) is 48.2. The van der Waals surface area contributed by atoms with Gasteiger partial charge in [0.05, 0.1) is 5.56 Å². The van der Waals surface area contributed by atoms with Gasteiger partial charge in [-0.15, -0.1) is 0 Å². The first-order valence-electron chi connectivity index (χ1n) is 30.1. The van der Waals surface area contributed by atoms with Gasteiger partial charge in [0, 0.05) is 49.4 Å². The first-order chi connectivity index (χ1) is 44.6. The van der Waals surface area contributed by atoms with Crippen LogP contribution in [0.15, 0.2) is 300 Å². The van der Waals surface area contributed by atoms with Gasteiger partial charge in [-0.25, -0.2) is 29.9 Å². The van der Waals surface area contributed by atoms with E-state index >= 15 is 0 Å². The number of rotatable bonds is 6. The average molecular weight is 1150 g/mol. The van der Waals surface area contributed by atoms with Crippen molar-refractivity contribution >= 4 is 119 Å². The third-order valence-corrected chi connectivity index (χ3v) is 17.6. The number of benzene rings is 15. The summed E-state index contributed by atoms with van der Waals surface area (Å²) in [6, 6.07) is 101. The summed E-state index contributed by atoms with van der Waals surface area (Å²) in [5.41, 5.74) is 8.77. The first kappa shape index (κ1) is 51.0. The van der Waals surface area contributed by atoms with E-state index in [0.29, 0.717) is 34.9 Å². The predicted molar refractivity (Wildman–Crippen MR) is 369 cm³/mol. The molecule has 8 nitrogen and oxygen atoms in total. The fourth-order valence-corrected chi connectivity index (χ4v) is 13.2. The van der Waals surface area contributed by atoms with E-state index in [1.165, 1.54) is 59.2 Å². The summed E-state index contributed by atoms with van der Waals surface area (Å²) in [6.45, 7) is 0. The van der Waals surface area contributed by atoms with E-state index in [1.807, 2.05) is 91.0 Å². The number of aromatic nitrogens is 6. The number of para-hydroxylation sites is 3. The van der Waals surface area contributed by atoms with E-state index in [2.05, 4.69) is 200 Å². The summed E-state index contributed by atoms with van der Waals surface area (Å²) >= 11 is 0. The minimum absolute atomic E-state index is 0.582. The Bertz CT molecular complexity index is 6130. The zero-order chi connectivity index (χ0) is 59.2. The molecule has 0 bridgehead atoms. The minimum atomic E-state index is 0.582. The Morgan fingerprint density at radius 3 is 1.18 bits per heavy atom. The minimum Gasteiger partial charge on any atom is -0.456 e. The molecule has 0 amide bonds. The molecule has 0 saturated heterocycles. The highest BCUT2D eigenvalue weighted by molar-refractivity contribution is 6.19. The Labute approximate surface area is 514 Å². The molecule has 0 unspecified atom stereocenters. The topological polar surface area (TPSA) is 104 Å². The standard InChI is InChI=1S/C43H25N3O.C39H23N3O/c1-2-10-28-24-30(17-16-26(28)8-1)41-44-42(46-43(45-41)37-13-7-15-39-40(37)36-12-5-6-14-38(36)47-39)31-20-21-33-29(25-31)19-23-34-32-11-4-3-9-27(32)18-22-35(33)34;1-2-10-25(11-3-1)37-40-38(42-39(41-37)34-15-8-14-33-32-13-6-7-16-35(32)43-36(33)34)27-19-20-29-26(23-27)18-22-30-28-12-5-4-9-24(28)17-21-31(29)30/h1-25H;1-23H. The average Bonchev–Trinajstić information content (AvgIpc) is 1.22. The Kier molecular flexibility index (Phi) is 11.7. The van der Waals surface area contributed by atoms with Crippen LogP contribution in [0.1, 0.15) is 0 Å². The van der Waals surface area contributed by atoms with Crippen LogP contribution in [0.2, 0.25) is 0 Å². The van der Waals surface area contributed by atoms with Crippen LogP contribution >= 0.6 is 0 Å². The lowest BCUT2D eigenvalue weighted by molar-refractivity contribution is 0.669. The van der Waals surface area contributed by atoms with Crippen molar-refractivity contribution < 1.29 is 8.83 Å². The smallest absolute Gasteiger partial charge is 0.167 e. The SMILES string of the molecule is c1ccc(-c2nc(-c3ccc4c(ccc5c6ccccc6ccc45)c3)nc(-c3cccc4c3oc3ccccc34)n2)cc1.c1ccc2cc(-c3nc(-c4ccc5c(ccc6c7ccccc7ccc56)c4)nc(-c4cccc5oc6ccccc6c45)n3)ccc2c1. The van der Waals surface area contributed by atoms with Gasteiger partial charge in [-0.3, -0.25) is 0 Å². The maximum Gasteiger partial charge on any atom is 0.167 e. The van der Waals surface area contributed by atoms with Crippen molar-refractivity contribution in [2.45, 2.75) is 0 Å². The van der Waals surface area contributed by atoms with Gasteiger partial charge in [0.2, 0.25) is 0 Å². The van der Waals surface area contributed by atoms with E-state index in [-0.39, 0.29) is 0 Å². The van der Waals surface area contributed by atoms with Gasteiger partial charge in [-0.2, -0.15) is 0 Å².